The maximum atomic E-state index is 5.50. The smallest absolute Gasteiger partial charge is 0.283 e. The number of anilines is 1. The molecule has 0 atom stereocenters. The molecule has 0 bridgehead atoms. The molecule has 1 rings (SSSR count). The van der Waals surface area contributed by atoms with Crippen LogP contribution in [0.3, 0.4) is 0 Å². The van der Waals surface area contributed by atoms with Gasteiger partial charge in [-0.25, -0.2) is 0 Å². The predicted octanol–water partition coefficient (Wildman–Crippen LogP) is 1.02. The van der Waals surface area contributed by atoms with E-state index in [1.54, 1.807) is 3.59 Å². The molecule has 9 heavy (non-hydrogen) atoms. The van der Waals surface area contributed by atoms with Crippen LogP contribution in [0.25, 0.3) is 0 Å². The average molecular weight is 188 g/mol. The van der Waals surface area contributed by atoms with Gasteiger partial charge in [-0.1, -0.05) is 0 Å². The highest BCUT2D eigenvalue weighted by Gasteiger charge is 1.97. The van der Waals surface area contributed by atoms with Crippen LogP contribution < -0.4 is 9.33 Å². The SMILES string of the molecule is Cc1ccc(N)[n+](Br)c1. The lowest BCUT2D eigenvalue weighted by Crippen LogP contribution is -2.23. The molecule has 0 aliphatic rings. The molecule has 0 aliphatic heterocycles. The number of nitrogen functional groups attached to an aromatic ring is 1. The number of aromatic nitrogens is 1. The van der Waals surface area contributed by atoms with Gasteiger partial charge in [-0.05, 0) is 18.6 Å². The van der Waals surface area contributed by atoms with Crippen molar-refractivity contribution in [1.29, 1.82) is 0 Å². The van der Waals surface area contributed by atoms with Gasteiger partial charge in [-0.2, -0.15) is 3.59 Å². The topological polar surface area (TPSA) is 29.9 Å². The standard InChI is InChI=1S/C6H7BrN2/c1-5-2-3-6(8)9(7)4-5/h2-4,8H,1H3/p+1. The summed E-state index contributed by atoms with van der Waals surface area (Å²) >= 11 is 3.24. The van der Waals surface area contributed by atoms with Crippen LogP contribution in [-0.4, -0.2) is 0 Å². The molecule has 0 fully saturated rings. The molecule has 1 aromatic rings. The normalized spacial score (nSPS) is 9.56. The van der Waals surface area contributed by atoms with Gasteiger partial charge >= 0.3 is 0 Å². The zero-order chi connectivity index (χ0) is 6.85. The van der Waals surface area contributed by atoms with Crippen LogP contribution in [0.1, 0.15) is 5.56 Å². The second-order valence-corrected chi connectivity index (χ2v) is 2.71. The van der Waals surface area contributed by atoms with Crippen LogP contribution >= 0.6 is 16.1 Å². The summed E-state index contributed by atoms with van der Waals surface area (Å²) in [5.41, 5.74) is 6.69. The van der Waals surface area contributed by atoms with Gasteiger partial charge in [0.05, 0.1) is 0 Å². The predicted molar refractivity (Wildman–Crippen MR) is 40.1 cm³/mol. The Hall–Kier alpha value is -0.570. The first-order valence-corrected chi connectivity index (χ1v) is 3.35. The Morgan fingerprint density at radius 1 is 1.56 bits per heavy atom. The van der Waals surface area contributed by atoms with Crippen LogP contribution in [0.5, 0.6) is 0 Å². The van der Waals surface area contributed by atoms with E-state index in [2.05, 4.69) is 16.1 Å². The van der Waals surface area contributed by atoms with E-state index >= 15 is 0 Å². The molecule has 1 heterocycles. The number of halogens is 1. The molecule has 0 spiro atoms. The highest BCUT2D eigenvalue weighted by atomic mass is 79.9. The number of rotatable bonds is 0. The van der Waals surface area contributed by atoms with E-state index in [0.717, 1.165) is 0 Å². The van der Waals surface area contributed by atoms with Crippen molar-refractivity contribution in [2.24, 2.45) is 0 Å². The summed E-state index contributed by atoms with van der Waals surface area (Å²) in [7, 11) is 0. The number of hydrogen-bond acceptors (Lipinski definition) is 1. The summed E-state index contributed by atoms with van der Waals surface area (Å²) in [6.45, 7) is 2.01. The van der Waals surface area contributed by atoms with Crippen LogP contribution in [0.15, 0.2) is 18.3 Å². The van der Waals surface area contributed by atoms with Crippen molar-refractivity contribution in [3.8, 4) is 0 Å². The minimum Gasteiger partial charge on any atom is -0.286 e. The van der Waals surface area contributed by atoms with Crippen LogP contribution in [0, 0.1) is 6.92 Å². The third-order valence-electron chi connectivity index (χ3n) is 1.08. The summed E-state index contributed by atoms with van der Waals surface area (Å²) in [6.07, 6.45) is 1.91. The Morgan fingerprint density at radius 3 is 2.67 bits per heavy atom. The Kier molecular flexibility index (Phi) is 1.71. The minimum atomic E-state index is 0.709. The number of nitrogens with two attached hydrogens (primary N) is 1. The Morgan fingerprint density at radius 2 is 2.22 bits per heavy atom. The molecule has 48 valence electrons. The summed E-state index contributed by atoms with van der Waals surface area (Å²) in [5.74, 6) is 0.709. The molecular formula is C6H8BrN2+. The molecule has 0 saturated carbocycles. The summed E-state index contributed by atoms with van der Waals surface area (Å²) in [4.78, 5) is 0. The van der Waals surface area contributed by atoms with Crippen molar-refractivity contribution >= 4 is 22.0 Å². The minimum absolute atomic E-state index is 0.709. The highest BCUT2D eigenvalue weighted by Crippen LogP contribution is 1.97. The molecule has 0 saturated heterocycles. The first kappa shape index (κ1) is 6.55. The number of aryl methyl sites for hydroxylation is 1. The van der Waals surface area contributed by atoms with Crippen molar-refractivity contribution in [2.75, 3.05) is 5.73 Å². The van der Waals surface area contributed by atoms with Crippen molar-refractivity contribution in [1.82, 2.24) is 0 Å². The molecule has 0 radical (unpaired) electrons. The Balaban J connectivity index is 3.17. The van der Waals surface area contributed by atoms with Crippen LogP contribution in [0.4, 0.5) is 5.82 Å². The van der Waals surface area contributed by atoms with E-state index in [9.17, 15) is 0 Å². The van der Waals surface area contributed by atoms with E-state index in [1.807, 2.05) is 25.3 Å². The fourth-order valence-electron chi connectivity index (χ4n) is 0.584. The second kappa shape index (κ2) is 2.35. The van der Waals surface area contributed by atoms with Gasteiger partial charge in [0.1, 0.15) is 6.20 Å². The maximum Gasteiger partial charge on any atom is 0.283 e. The van der Waals surface area contributed by atoms with Gasteiger partial charge in [0.25, 0.3) is 5.82 Å². The van der Waals surface area contributed by atoms with Gasteiger partial charge in [0, 0.05) is 6.07 Å². The average Bonchev–Trinajstić information content (AvgIpc) is 1.80. The summed E-state index contributed by atoms with van der Waals surface area (Å²) in [6, 6.07) is 3.82. The molecule has 0 unspecified atom stereocenters. The van der Waals surface area contributed by atoms with E-state index in [1.165, 1.54) is 5.56 Å². The lowest BCUT2D eigenvalue weighted by atomic mass is 10.3. The number of hydrogen-bond donors (Lipinski definition) is 1. The summed E-state index contributed by atoms with van der Waals surface area (Å²) in [5, 5.41) is 0. The Labute approximate surface area is 62.6 Å². The largest absolute Gasteiger partial charge is 0.286 e. The molecule has 2 nitrogen and oxygen atoms in total. The second-order valence-electron chi connectivity index (χ2n) is 1.94. The van der Waals surface area contributed by atoms with E-state index in [4.69, 9.17) is 5.73 Å². The third-order valence-corrected chi connectivity index (χ3v) is 1.69. The van der Waals surface area contributed by atoms with Gasteiger partial charge in [0.15, 0.2) is 16.1 Å². The van der Waals surface area contributed by atoms with Gasteiger partial charge < -0.3 is 0 Å². The van der Waals surface area contributed by atoms with E-state index in [-0.39, 0.29) is 0 Å². The number of pyridine rings is 1. The van der Waals surface area contributed by atoms with Crippen LogP contribution in [-0.2, 0) is 0 Å². The molecule has 0 aromatic carbocycles. The molecule has 1 aromatic heterocycles. The summed E-state index contributed by atoms with van der Waals surface area (Å²) < 4.78 is 1.71. The maximum absolute atomic E-state index is 5.50. The zero-order valence-electron chi connectivity index (χ0n) is 5.13. The monoisotopic (exact) mass is 187 g/mol. The van der Waals surface area contributed by atoms with Gasteiger partial charge in [-0.3, -0.25) is 5.73 Å². The fraction of sp³-hybridized carbons (Fsp3) is 0.167. The zero-order valence-corrected chi connectivity index (χ0v) is 6.72. The molecule has 3 heteroatoms. The quantitative estimate of drug-likeness (QED) is 0.647. The molecule has 0 aliphatic carbocycles. The third kappa shape index (κ3) is 1.42. The number of nitrogens with zero attached hydrogens (tertiary/aromatic N) is 1. The van der Waals surface area contributed by atoms with Crippen molar-refractivity contribution in [2.45, 2.75) is 6.92 Å². The fourth-order valence-corrected chi connectivity index (χ4v) is 1.03. The first-order chi connectivity index (χ1) is 4.20. The highest BCUT2D eigenvalue weighted by molar-refractivity contribution is 9.04. The van der Waals surface area contributed by atoms with Crippen LogP contribution in [0.2, 0.25) is 0 Å². The molecule has 2 N–H and O–H groups in total. The molecule has 0 amide bonds. The molecular weight excluding hydrogens is 180 g/mol. The van der Waals surface area contributed by atoms with Crippen molar-refractivity contribution < 1.29 is 3.59 Å². The first-order valence-electron chi connectivity index (χ1n) is 2.64. The lowest BCUT2D eigenvalue weighted by Gasteiger charge is -1.91. The Bertz CT molecular complexity index is 222. The van der Waals surface area contributed by atoms with Gasteiger partial charge in [-0.15, -0.1) is 0 Å². The van der Waals surface area contributed by atoms with Crippen molar-refractivity contribution in [3.63, 3.8) is 0 Å². The van der Waals surface area contributed by atoms with Crippen molar-refractivity contribution in [3.05, 3.63) is 23.9 Å². The lowest BCUT2D eigenvalue weighted by molar-refractivity contribution is -0.457. The van der Waals surface area contributed by atoms with E-state index in [0.29, 0.717) is 5.82 Å². The van der Waals surface area contributed by atoms with Gasteiger partial charge in [0.2, 0.25) is 0 Å². The van der Waals surface area contributed by atoms with E-state index < -0.39 is 0 Å².